The Balaban J connectivity index is 1.89. The molecule has 4 heteroatoms. The second kappa shape index (κ2) is 6.94. The van der Waals surface area contributed by atoms with Crippen molar-refractivity contribution in [1.29, 1.82) is 0 Å². The number of hydrogen-bond acceptors (Lipinski definition) is 2. The van der Waals surface area contributed by atoms with Crippen molar-refractivity contribution in [3.8, 4) is 0 Å². The van der Waals surface area contributed by atoms with Gasteiger partial charge < -0.3 is 10.7 Å². The van der Waals surface area contributed by atoms with Crippen LogP contribution in [0.5, 0.6) is 0 Å². The lowest BCUT2D eigenvalue weighted by atomic mass is 10.1. The van der Waals surface area contributed by atoms with E-state index in [1.54, 1.807) is 0 Å². The number of nitrogen functional groups attached to an aromatic ring is 1. The molecule has 19 heavy (non-hydrogen) atoms. The Hall–Kier alpha value is -1.03. The molecule has 0 spiro atoms. The number of hydrogen-bond donors (Lipinski definition) is 2. The molecule has 1 aromatic heterocycles. The van der Waals surface area contributed by atoms with E-state index in [-0.39, 0.29) is 0 Å². The molecule has 104 valence electrons. The van der Waals surface area contributed by atoms with Crippen molar-refractivity contribution in [1.82, 2.24) is 9.97 Å². The Kier molecular flexibility index (Phi) is 5.25. The number of unbranched alkanes of at least 4 members (excludes halogenated alkanes) is 5. The highest BCUT2D eigenvalue weighted by molar-refractivity contribution is 9.10. The van der Waals surface area contributed by atoms with Crippen LogP contribution in [0.25, 0.3) is 11.0 Å². The van der Waals surface area contributed by atoms with Crippen LogP contribution in [0.1, 0.15) is 51.3 Å². The molecule has 0 bridgehead atoms. The fourth-order valence-electron chi connectivity index (χ4n) is 2.35. The summed E-state index contributed by atoms with van der Waals surface area (Å²) in [7, 11) is 0. The summed E-state index contributed by atoms with van der Waals surface area (Å²) in [5.41, 5.74) is 8.61. The van der Waals surface area contributed by atoms with Crippen molar-refractivity contribution in [2.75, 3.05) is 5.73 Å². The lowest BCUT2D eigenvalue weighted by molar-refractivity contribution is 0.602. The number of aryl methyl sites for hydroxylation is 1. The van der Waals surface area contributed by atoms with E-state index in [0.29, 0.717) is 0 Å². The summed E-state index contributed by atoms with van der Waals surface area (Å²) in [5.74, 6) is 1.05. The van der Waals surface area contributed by atoms with Crippen LogP contribution >= 0.6 is 15.9 Å². The zero-order valence-electron chi connectivity index (χ0n) is 11.5. The smallest absolute Gasteiger partial charge is 0.112 e. The van der Waals surface area contributed by atoms with Gasteiger partial charge in [0.15, 0.2) is 0 Å². The van der Waals surface area contributed by atoms with Crippen LogP contribution in [0.15, 0.2) is 16.6 Å². The SMILES string of the molecule is CCCCCCCCc1nc2c(N)cc(Br)cc2[nH]1. The summed E-state index contributed by atoms with van der Waals surface area (Å²) in [4.78, 5) is 7.94. The van der Waals surface area contributed by atoms with Gasteiger partial charge in [-0.1, -0.05) is 55.0 Å². The number of rotatable bonds is 7. The zero-order valence-corrected chi connectivity index (χ0v) is 13.1. The number of nitrogens with one attached hydrogen (secondary N) is 1. The van der Waals surface area contributed by atoms with Gasteiger partial charge in [0, 0.05) is 10.9 Å². The molecule has 0 amide bonds. The number of aromatic nitrogens is 2. The molecule has 0 unspecified atom stereocenters. The fourth-order valence-corrected chi connectivity index (χ4v) is 2.83. The van der Waals surface area contributed by atoms with Gasteiger partial charge in [-0.25, -0.2) is 4.98 Å². The molecule has 0 aliphatic rings. The van der Waals surface area contributed by atoms with Gasteiger partial charge in [0.25, 0.3) is 0 Å². The number of H-pyrrole nitrogens is 1. The van der Waals surface area contributed by atoms with Gasteiger partial charge in [0.1, 0.15) is 11.3 Å². The van der Waals surface area contributed by atoms with Gasteiger partial charge in [-0.3, -0.25) is 0 Å². The topological polar surface area (TPSA) is 54.7 Å². The first-order chi connectivity index (χ1) is 9.20. The minimum atomic E-state index is 0.731. The van der Waals surface area contributed by atoms with Gasteiger partial charge in [-0.2, -0.15) is 0 Å². The van der Waals surface area contributed by atoms with E-state index in [4.69, 9.17) is 5.73 Å². The first-order valence-electron chi connectivity index (χ1n) is 7.14. The summed E-state index contributed by atoms with van der Waals surface area (Å²) in [6, 6.07) is 3.93. The lowest BCUT2D eigenvalue weighted by Crippen LogP contribution is -1.89. The Morgan fingerprint density at radius 3 is 2.68 bits per heavy atom. The van der Waals surface area contributed by atoms with Gasteiger partial charge in [-0.15, -0.1) is 0 Å². The molecule has 3 N–H and O–H groups in total. The van der Waals surface area contributed by atoms with Crippen LogP contribution in [0.3, 0.4) is 0 Å². The van der Waals surface area contributed by atoms with Crippen molar-refractivity contribution in [2.45, 2.75) is 51.9 Å². The van der Waals surface area contributed by atoms with Crippen molar-refractivity contribution >= 4 is 32.7 Å². The number of fused-ring (bicyclic) bond motifs is 1. The summed E-state index contributed by atoms with van der Waals surface area (Å²) in [5, 5.41) is 0. The number of anilines is 1. The Bertz CT molecular complexity index is 533. The largest absolute Gasteiger partial charge is 0.397 e. The van der Waals surface area contributed by atoms with Crippen LogP contribution in [0.4, 0.5) is 5.69 Å². The van der Waals surface area contributed by atoms with E-state index in [1.807, 2.05) is 12.1 Å². The summed E-state index contributed by atoms with van der Waals surface area (Å²) >= 11 is 3.45. The van der Waals surface area contributed by atoms with Crippen LogP contribution in [0.2, 0.25) is 0 Å². The Labute approximate surface area is 123 Å². The maximum Gasteiger partial charge on any atom is 0.112 e. The fraction of sp³-hybridized carbons (Fsp3) is 0.533. The predicted octanol–water partition coefficient (Wildman–Crippen LogP) is 4.81. The number of imidazole rings is 1. The summed E-state index contributed by atoms with van der Waals surface area (Å²) in [6.45, 7) is 2.25. The third kappa shape index (κ3) is 3.96. The monoisotopic (exact) mass is 323 g/mol. The summed E-state index contributed by atoms with van der Waals surface area (Å²) in [6.07, 6.45) is 8.85. The van der Waals surface area contributed by atoms with E-state index in [1.165, 1.54) is 38.5 Å². The second-order valence-corrected chi connectivity index (χ2v) is 6.01. The van der Waals surface area contributed by atoms with E-state index in [0.717, 1.165) is 33.4 Å². The number of nitrogens with two attached hydrogens (primary N) is 1. The molecule has 3 nitrogen and oxygen atoms in total. The van der Waals surface area contributed by atoms with Gasteiger partial charge in [0.2, 0.25) is 0 Å². The normalized spacial score (nSPS) is 11.3. The minimum absolute atomic E-state index is 0.731. The molecule has 0 aliphatic carbocycles. The highest BCUT2D eigenvalue weighted by Crippen LogP contribution is 2.24. The van der Waals surface area contributed by atoms with E-state index in [2.05, 4.69) is 32.8 Å². The lowest BCUT2D eigenvalue weighted by Gasteiger charge is -1.98. The highest BCUT2D eigenvalue weighted by Gasteiger charge is 2.06. The van der Waals surface area contributed by atoms with Crippen LogP contribution in [-0.2, 0) is 6.42 Å². The number of benzene rings is 1. The van der Waals surface area contributed by atoms with Crippen LogP contribution in [0, 0.1) is 0 Å². The van der Waals surface area contributed by atoms with E-state index < -0.39 is 0 Å². The maximum absolute atomic E-state index is 5.97. The molecular weight excluding hydrogens is 302 g/mol. The number of nitrogens with zero attached hydrogens (tertiary/aromatic N) is 1. The number of aromatic amines is 1. The molecule has 0 saturated heterocycles. The van der Waals surface area contributed by atoms with E-state index in [9.17, 15) is 0 Å². The predicted molar refractivity (Wildman–Crippen MR) is 85.3 cm³/mol. The molecule has 0 radical (unpaired) electrons. The molecule has 2 aromatic rings. The molecular formula is C15H22BrN3. The third-order valence-electron chi connectivity index (χ3n) is 3.40. The molecule has 0 saturated carbocycles. The van der Waals surface area contributed by atoms with E-state index >= 15 is 0 Å². The first kappa shape index (κ1) is 14.4. The molecule has 2 rings (SSSR count). The van der Waals surface area contributed by atoms with Gasteiger partial charge in [-0.05, 0) is 18.6 Å². The maximum atomic E-state index is 5.97. The van der Waals surface area contributed by atoms with Gasteiger partial charge >= 0.3 is 0 Å². The third-order valence-corrected chi connectivity index (χ3v) is 3.85. The standard InChI is InChI=1S/C15H22BrN3/c1-2-3-4-5-6-7-8-14-18-13-10-11(16)9-12(17)15(13)19-14/h9-10H,2-8,17H2,1H3,(H,18,19). The van der Waals surface area contributed by atoms with Gasteiger partial charge in [0.05, 0.1) is 11.2 Å². The average Bonchev–Trinajstić information content (AvgIpc) is 2.76. The number of halogens is 1. The Morgan fingerprint density at radius 1 is 1.16 bits per heavy atom. The molecule has 0 atom stereocenters. The molecule has 1 aromatic carbocycles. The van der Waals surface area contributed by atoms with Crippen LogP contribution < -0.4 is 5.73 Å². The molecule has 1 heterocycles. The minimum Gasteiger partial charge on any atom is -0.397 e. The van der Waals surface area contributed by atoms with Crippen molar-refractivity contribution in [3.63, 3.8) is 0 Å². The van der Waals surface area contributed by atoms with Crippen molar-refractivity contribution in [3.05, 3.63) is 22.4 Å². The highest BCUT2D eigenvalue weighted by atomic mass is 79.9. The Morgan fingerprint density at radius 2 is 1.89 bits per heavy atom. The first-order valence-corrected chi connectivity index (χ1v) is 7.93. The quantitative estimate of drug-likeness (QED) is 0.567. The summed E-state index contributed by atoms with van der Waals surface area (Å²) < 4.78 is 0.993. The van der Waals surface area contributed by atoms with Crippen LogP contribution in [-0.4, -0.2) is 9.97 Å². The van der Waals surface area contributed by atoms with Crippen molar-refractivity contribution < 1.29 is 0 Å². The second-order valence-electron chi connectivity index (χ2n) is 5.09. The molecule has 0 fully saturated rings. The van der Waals surface area contributed by atoms with Crippen molar-refractivity contribution in [2.24, 2.45) is 0 Å². The average molecular weight is 324 g/mol. The molecule has 0 aliphatic heterocycles. The zero-order chi connectivity index (χ0) is 13.7.